The molecule has 0 N–H and O–H groups in total. The number of pyridine rings is 1. The number of ether oxygens (including phenoxy) is 2. The Balaban J connectivity index is 1.40. The SMILES string of the molecule is COc1cc2c3c(c(C4CCC(F)CC4)nc2cc1OCCCN1CCCC1)CCC3. The number of likely N-dealkylation sites (tertiary alicyclic amines) is 1. The summed E-state index contributed by atoms with van der Waals surface area (Å²) in [5.74, 6) is 1.99. The largest absolute Gasteiger partial charge is 0.493 e. The van der Waals surface area contributed by atoms with Crippen molar-refractivity contribution in [2.24, 2.45) is 0 Å². The van der Waals surface area contributed by atoms with E-state index in [4.69, 9.17) is 14.5 Å². The Hall–Kier alpha value is -1.88. The summed E-state index contributed by atoms with van der Waals surface area (Å²) in [6.45, 7) is 4.24. The van der Waals surface area contributed by atoms with E-state index in [1.54, 1.807) is 7.11 Å². The van der Waals surface area contributed by atoms with Crippen LogP contribution in [0.3, 0.4) is 0 Å². The molecule has 1 saturated carbocycles. The van der Waals surface area contributed by atoms with Gasteiger partial charge in [-0.1, -0.05) is 0 Å². The number of benzene rings is 1. The van der Waals surface area contributed by atoms with Gasteiger partial charge in [-0.05, 0) is 94.5 Å². The van der Waals surface area contributed by atoms with E-state index in [0.717, 1.165) is 55.7 Å². The molecule has 0 radical (unpaired) electrons. The van der Waals surface area contributed by atoms with Crippen LogP contribution in [0.5, 0.6) is 11.5 Å². The summed E-state index contributed by atoms with van der Waals surface area (Å²) in [4.78, 5) is 7.67. The van der Waals surface area contributed by atoms with Crippen LogP contribution in [0.1, 0.15) is 74.1 Å². The van der Waals surface area contributed by atoms with E-state index in [0.29, 0.717) is 25.4 Å². The summed E-state index contributed by atoms with van der Waals surface area (Å²) in [5, 5.41) is 1.21. The molecule has 1 aromatic carbocycles. The van der Waals surface area contributed by atoms with Crippen molar-refractivity contribution in [3.8, 4) is 11.5 Å². The highest BCUT2D eigenvalue weighted by Gasteiger charge is 2.29. The number of methoxy groups -OCH3 is 1. The molecule has 0 amide bonds. The second-order valence-corrected chi connectivity index (χ2v) is 9.53. The molecule has 31 heavy (non-hydrogen) atoms. The molecule has 5 heteroatoms. The standard InChI is InChI=1S/C26H35FN2O2/c1-30-24-16-22-20-6-4-7-21(20)26(18-8-10-19(27)11-9-18)28-23(22)17-25(24)31-15-5-14-29-12-2-3-13-29/h16-19H,2-15H2,1H3. The molecule has 1 aromatic heterocycles. The second-order valence-electron chi connectivity index (χ2n) is 9.53. The minimum absolute atomic E-state index is 0.398. The van der Waals surface area contributed by atoms with Gasteiger partial charge in [-0.15, -0.1) is 0 Å². The number of hydrogen-bond acceptors (Lipinski definition) is 4. The lowest BCUT2D eigenvalue weighted by molar-refractivity contribution is 0.233. The minimum Gasteiger partial charge on any atom is -0.493 e. The normalized spacial score (nSPS) is 23.9. The Morgan fingerprint density at radius 2 is 1.77 bits per heavy atom. The fourth-order valence-corrected chi connectivity index (χ4v) is 5.82. The molecule has 1 saturated heterocycles. The van der Waals surface area contributed by atoms with E-state index in [-0.39, 0.29) is 0 Å². The van der Waals surface area contributed by atoms with E-state index in [1.807, 2.05) is 0 Å². The predicted molar refractivity (Wildman–Crippen MR) is 122 cm³/mol. The molecular weight excluding hydrogens is 391 g/mol. The minimum atomic E-state index is -0.630. The van der Waals surface area contributed by atoms with Gasteiger partial charge in [0, 0.05) is 29.6 Å². The Kier molecular flexibility index (Phi) is 6.31. The maximum Gasteiger partial charge on any atom is 0.163 e. The van der Waals surface area contributed by atoms with Crippen LogP contribution in [0.4, 0.5) is 4.39 Å². The Morgan fingerprint density at radius 3 is 2.55 bits per heavy atom. The summed E-state index contributed by atoms with van der Waals surface area (Å²) >= 11 is 0. The molecule has 2 fully saturated rings. The van der Waals surface area contributed by atoms with Gasteiger partial charge in [-0.2, -0.15) is 0 Å². The molecule has 2 aliphatic carbocycles. The Morgan fingerprint density at radius 1 is 1.00 bits per heavy atom. The third-order valence-electron chi connectivity index (χ3n) is 7.49. The highest BCUT2D eigenvalue weighted by atomic mass is 19.1. The van der Waals surface area contributed by atoms with Crippen molar-refractivity contribution in [2.75, 3.05) is 33.4 Å². The summed E-state index contributed by atoms with van der Waals surface area (Å²) in [6, 6.07) is 4.21. The Bertz CT molecular complexity index is 917. The van der Waals surface area contributed by atoms with Crippen LogP contribution in [-0.4, -0.2) is 49.4 Å². The van der Waals surface area contributed by atoms with Crippen molar-refractivity contribution >= 4 is 10.9 Å². The van der Waals surface area contributed by atoms with E-state index >= 15 is 0 Å². The number of nitrogens with zero attached hydrogens (tertiary/aromatic N) is 2. The molecule has 2 aromatic rings. The van der Waals surface area contributed by atoms with E-state index in [2.05, 4.69) is 17.0 Å². The number of alkyl halides is 1. The monoisotopic (exact) mass is 426 g/mol. The zero-order chi connectivity index (χ0) is 21.2. The van der Waals surface area contributed by atoms with Gasteiger partial charge in [0.05, 0.1) is 19.2 Å². The van der Waals surface area contributed by atoms with Crippen LogP contribution in [0, 0.1) is 0 Å². The molecule has 4 nitrogen and oxygen atoms in total. The van der Waals surface area contributed by atoms with Crippen molar-refractivity contribution in [3.05, 3.63) is 29.0 Å². The first-order valence-corrected chi connectivity index (χ1v) is 12.3. The first-order chi connectivity index (χ1) is 15.2. The van der Waals surface area contributed by atoms with Crippen LogP contribution in [0.25, 0.3) is 10.9 Å². The first kappa shape index (κ1) is 21.0. The van der Waals surface area contributed by atoms with Gasteiger partial charge in [-0.3, -0.25) is 4.98 Å². The lowest BCUT2D eigenvalue weighted by Gasteiger charge is -2.26. The number of hydrogen-bond donors (Lipinski definition) is 0. The van der Waals surface area contributed by atoms with Gasteiger partial charge in [0.2, 0.25) is 0 Å². The lowest BCUT2D eigenvalue weighted by atomic mass is 9.83. The molecule has 2 heterocycles. The highest BCUT2D eigenvalue weighted by molar-refractivity contribution is 5.87. The fourth-order valence-electron chi connectivity index (χ4n) is 5.82. The summed E-state index contributed by atoms with van der Waals surface area (Å²) in [5.41, 5.74) is 5.10. The molecule has 0 atom stereocenters. The van der Waals surface area contributed by atoms with Crippen LogP contribution in [0.15, 0.2) is 12.1 Å². The summed E-state index contributed by atoms with van der Waals surface area (Å²) < 4.78 is 25.6. The molecule has 0 bridgehead atoms. The maximum atomic E-state index is 13.7. The third-order valence-corrected chi connectivity index (χ3v) is 7.49. The van der Waals surface area contributed by atoms with Crippen molar-refractivity contribution in [2.45, 2.75) is 76.3 Å². The van der Waals surface area contributed by atoms with Crippen LogP contribution in [-0.2, 0) is 12.8 Å². The zero-order valence-corrected chi connectivity index (χ0v) is 18.8. The van der Waals surface area contributed by atoms with E-state index in [1.165, 1.54) is 54.6 Å². The van der Waals surface area contributed by atoms with Crippen LogP contribution in [0.2, 0.25) is 0 Å². The van der Waals surface area contributed by atoms with Gasteiger partial charge >= 0.3 is 0 Å². The van der Waals surface area contributed by atoms with Crippen molar-refractivity contribution in [1.82, 2.24) is 9.88 Å². The Labute approximate surface area is 185 Å². The second kappa shape index (κ2) is 9.32. The van der Waals surface area contributed by atoms with Gasteiger partial charge in [0.1, 0.15) is 6.17 Å². The fraction of sp³-hybridized carbons (Fsp3) is 0.654. The van der Waals surface area contributed by atoms with Crippen molar-refractivity contribution in [3.63, 3.8) is 0 Å². The van der Waals surface area contributed by atoms with Crippen molar-refractivity contribution in [1.29, 1.82) is 0 Å². The van der Waals surface area contributed by atoms with Crippen LogP contribution < -0.4 is 9.47 Å². The molecule has 1 aliphatic heterocycles. The number of rotatable bonds is 7. The lowest BCUT2D eigenvalue weighted by Crippen LogP contribution is -2.21. The van der Waals surface area contributed by atoms with E-state index < -0.39 is 6.17 Å². The van der Waals surface area contributed by atoms with Crippen LogP contribution >= 0.6 is 0 Å². The van der Waals surface area contributed by atoms with E-state index in [9.17, 15) is 4.39 Å². The van der Waals surface area contributed by atoms with Crippen molar-refractivity contribution < 1.29 is 13.9 Å². The van der Waals surface area contributed by atoms with Gasteiger partial charge in [0.25, 0.3) is 0 Å². The smallest absolute Gasteiger partial charge is 0.163 e. The average Bonchev–Trinajstić information content (AvgIpc) is 3.48. The molecule has 0 unspecified atom stereocenters. The number of fused-ring (bicyclic) bond motifs is 3. The molecular formula is C26H35FN2O2. The van der Waals surface area contributed by atoms with Gasteiger partial charge in [0.15, 0.2) is 11.5 Å². The first-order valence-electron chi connectivity index (χ1n) is 12.3. The quantitative estimate of drug-likeness (QED) is 0.541. The third kappa shape index (κ3) is 4.39. The number of halogens is 1. The van der Waals surface area contributed by atoms with Gasteiger partial charge < -0.3 is 14.4 Å². The molecule has 0 spiro atoms. The zero-order valence-electron chi connectivity index (χ0n) is 18.8. The molecule has 3 aliphatic rings. The molecule has 168 valence electrons. The van der Waals surface area contributed by atoms with Gasteiger partial charge in [-0.25, -0.2) is 4.39 Å². The summed E-state index contributed by atoms with van der Waals surface area (Å²) in [7, 11) is 1.72. The number of aryl methyl sites for hydroxylation is 1. The summed E-state index contributed by atoms with van der Waals surface area (Å²) in [6.07, 6.45) is 9.60. The predicted octanol–water partition coefficient (Wildman–Crippen LogP) is 5.59. The highest BCUT2D eigenvalue weighted by Crippen LogP contribution is 2.42. The molecule has 5 rings (SSSR count). The average molecular weight is 427 g/mol. The maximum absolute atomic E-state index is 13.7. The topological polar surface area (TPSA) is 34.6 Å². The number of aromatic nitrogens is 1.